The molecule has 6 heteroatoms. The van der Waals surface area contributed by atoms with Gasteiger partial charge in [-0.3, -0.25) is 4.79 Å². The zero-order valence-electron chi connectivity index (χ0n) is 13.7. The first-order chi connectivity index (χ1) is 11.6. The Kier molecular flexibility index (Phi) is 5.72. The van der Waals surface area contributed by atoms with Crippen LogP contribution in [0.2, 0.25) is 5.02 Å². The Morgan fingerprint density at radius 1 is 1.33 bits per heavy atom. The highest BCUT2D eigenvalue weighted by atomic mass is 35.5. The predicted octanol–water partition coefficient (Wildman–Crippen LogP) is 4.04. The number of hydrogen-bond donors (Lipinski definition) is 0. The summed E-state index contributed by atoms with van der Waals surface area (Å²) in [6, 6.07) is 7.02. The van der Waals surface area contributed by atoms with Crippen LogP contribution in [0.3, 0.4) is 0 Å². The highest BCUT2D eigenvalue weighted by Gasteiger charge is 2.46. The van der Waals surface area contributed by atoms with Crippen LogP contribution in [0.15, 0.2) is 24.3 Å². The van der Waals surface area contributed by atoms with Crippen molar-refractivity contribution in [3.63, 3.8) is 0 Å². The molecule has 1 aromatic carbocycles. The minimum Gasteiger partial charge on any atom is -0.464 e. The van der Waals surface area contributed by atoms with Gasteiger partial charge in [-0.2, -0.15) is 0 Å². The maximum Gasteiger partial charge on any atom is 0.329 e. The molecular formula is C18H22ClNO3S. The van der Waals surface area contributed by atoms with Crippen LogP contribution in [0.4, 0.5) is 0 Å². The molecule has 130 valence electrons. The fraction of sp³-hybridized carbons (Fsp3) is 0.556. The lowest BCUT2D eigenvalue weighted by Gasteiger charge is -2.35. The predicted molar refractivity (Wildman–Crippen MR) is 95.9 cm³/mol. The molecule has 0 radical (unpaired) electrons. The molecule has 24 heavy (non-hydrogen) atoms. The van der Waals surface area contributed by atoms with Crippen molar-refractivity contribution < 1.29 is 14.3 Å². The van der Waals surface area contributed by atoms with Gasteiger partial charge in [0.2, 0.25) is 5.91 Å². The number of amides is 1. The molecule has 2 atom stereocenters. The second-order valence-corrected chi connectivity index (χ2v) is 7.78. The average Bonchev–Trinajstić information content (AvgIpc) is 2.96. The van der Waals surface area contributed by atoms with Gasteiger partial charge in [-0.05, 0) is 25.3 Å². The summed E-state index contributed by atoms with van der Waals surface area (Å²) in [6.45, 7) is 2.35. The first-order valence-electron chi connectivity index (χ1n) is 8.48. The molecule has 0 aromatic heterocycles. The summed E-state index contributed by atoms with van der Waals surface area (Å²) in [4.78, 5) is 27.2. The van der Waals surface area contributed by atoms with Crippen LogP contribution in [0.5, 0.6) is 0 Å². The van der Waals surface area contributed by atoms with Crippen LogP contribution in [0.1, 0.15) is 43.5 Å². The summed E-state index contributed by atoms with van der Waals surface area (Å²) in [5.74, 6) is 0.355. The second kappa shape index (κ2) is 7.79. The maximum atomic E-state index is 13.0. The number of rotatable bonds is 5. The number of carbonyl (C=O) groups is 2. The Balaban J connectivity index is 1.86. The van der Waals surface area contributed by atoms with Crippen LogP contribution in [-0.2, 0) is 14.3 Å². The van der Waals surface area contributed by atoms with Gasteiger partial charge < -0.3 is 9.64 Å². The highest BCUT2D eigenvalue weighted by molar-refractivity contribution is 7.99. The summed E-state index contributed by atoms with van der Waals surface area (Å²) >= 11 is 7.93. The lowest BCUT2D eigenvalue weighted by molar-refractivity contribution is -0.156. The van der Waals surface area contributed by atoms with Crippen molar-refractivity contribution in [1.29, 1.82) is 0 Å². The van der Waals surface area contributed by atoms with Gasteiger partial charge in [-0.15, -0.1) is 11.8 Å². The molecule has 2 aliphatic rings. The van der Waals surface area contributed by atoms with Gasteiger partial charge >= 0.3 is 5.97 Å². The second-order valence-electron chi connectivity index (χ2n) is 6.26. The molecule has 2 fully saturated rings. The molecule has 1 heterocycles. The van der Waals surface area contributed by atoms with Crippen LogP contribution >= 0.6 is 23.4 Å². The van der Waals surface area contributed by atoms with Gasteiger partial charge in [0, 0.05) is 22.3 Å². The maximum absolute atomic E-state index is 13.0. The number of thioether (sulfide) groups is 1. The van der Waals surface area contributed by atoms with Crippen molar-refractivity contribution in [3.8, 4) is 0 Å². The van der Waals surface area contributed by atoms with Crippen LogP contribution in [0.25, 0.3) is 0 Å². The monoisotopic (exact) mass is 367 g/mol. The molecule has 1 aromatic rings. The molecule has 3 rings (SSSR count). The van der Waals surface area contributed by atoms with Crippen molar-refractivity contribution in [3.05, 3.63) is 34.9 Å². The lowest BCUT2D eigenvalue weighted by atomic mass is 9.84. The van der Waals surface area contributed by atoms with Crippen molar-refractivity contribution in [2.45, 2.75) is 44.0 Å². The van der Waals surface area contributed by atoms with E-state index in [-0.39, 0.29) is 23.2 Å². The van der Waals surface area contributed by atoms with Gasteiger partial charge in [0.15, 0.2) is 0 Å². The molecule has 1 amide bonds. The standard InChI is InChI=1S/C18H22ClNO3S/c1-2-10-23-18(22)15-11-24-17(13-8-3-4-9-14(13)19)20(15)16(21)12-6-5-7-12/h3-4,8-9,12,15,17H,2,5-7,10-11H2,1H3/t15-,17-/m0/s1. The lowest BCUT2D eigenvalue weighted by Crippen LogP contribution is -2.47. The smallest absolute Gasteiger partial charge is 0.329 e. The Bertz CT molecular complexity index is 620. The van der Waals surface area contributed by atoms with E-state index in [0.717, 1.165) is 31.2 Å². The van der Waals surface area contributed by atoms with Gasteiger partial charge in [-0.1, -0.05) is 43.1 Å². The Labute approximate surface area is 151 Å². The fourth-order valence-electron chi connectivity index (χ4n) is 3.04. The number of halogens is 1. The van der Waals surface area contributed by atoms with Crippen molar-refractivity contribution >= 4 is 35.2 Å². The molecule has 0 unspecified atom stereocenters. The molecule has 1 aliphatic heterocycles. The molecule has 1 aliphatic carbocycles. The molecule has 1 saturated carbocycles. The number of ether oxygens (including phenoxy) is 1. The van der Waals surface area contributed by atoms with Crippen molar-refractivity contribution in [2.75, 3.05) is 12.4 Å². The Morgan fingerprint density at radius 3 is 2.71 bits per heavy atom. The first kappa shape index (κ1) is 17.6. The number of benzene rings is 1. The normalized spacial score (nSPS) is 23.8. The van der Waals surface area contributed by atoms with Gasteiger partial charge in [-0.25, -0.2) is 4.79 Å². The Morgan fingerprint density at radius 2 is 2.08 bits per heavy atom. The van der Waals surface area contributed by atoms with E-state index in [9.17, 15) is 9.59 Å². The van der Waals surface area contributed by atoms with Crippen LogP contribution in [-0.4, -0.2) is 35.2 Å². The van der Waals surface area contributed by atoms with Crippen LogP contribution < -0.4 is 0 Å². The number of carbonyl (C=O) groups excluding carboxylic acids is 2. The molecule has 0 bridgehead atoms. The molecule has 0 N–H and O–H groups in total. The molecular weight excluding hydrogens is 346 g/mol. The van der Waals surface area contributed by atoms with Crippen LogP contribution in [0, 0.1) is 5.92 Å². The fourth-order valence-corrected chi connectivity index (χ4v) is 4.80. The topological polar surface area (TPSA) is 46.6 Å². The third-order valence-electron chi connectivity index (χ3n) is 4.60. The van der Waals surface area contributed by atoms with E-state index >= 15 is 0 Å². The third kappa shape index (κ3) is 3.42. The minimum atomic E-state index is -0.518. The van der Waals surface area contributed by atoms with E-state index in [2.05, 4.69) is 0 Å². The zero-order chi connectivity index (χ0) is 17.1. The summed E-state index contributed by atoms with van der Waals surface area (Å²) in [5.41, 5.74) is 0.891. The average molecular weight is 368 g/mol. The molecule has 0 spiro atoms. The van der Waals surface area contributed by atoms with Crippen molar-refractivity contribution in [2.24, 2.45) is 5.92 Å². The number of nitrogens with zero attached hydrogens (tertiary/aromatic N) is 1. The van der Waals surface area contributed by atoms with E-state index in [1.54, 1.807) is 16.7 Å². The molecule has 1 saturated heterocycles. The van der Waals surface area contributed by atoms with E-state index in [0.29, 0.717) is 17.4 Å². The highest BCUT2D eigenvalue weighted by Crippen LogP contribution is 2.46. The molecule has 4 nitrogen and oxygen atoms in total. The summed E-state index contributed by atoms with van der Waals surface area (Å²) in [5, 5.41) is 0.412. The minimum absolute atomic E-state index is 0.0372. The van der Waals surface area contributed by atoms with Gasteiger partial charge in [0.1, 0.15) is 11.4 Å². The Hall–Kier alpha value is -1.20. The summed E-state index contributed by atoms with van der Waals surface area (Å²) < 4.78 is 5.32. The quantitative estimate of drug-likeness (QED) is 0.737. The largest absolute Gasteiger partial charge is 0.464 e. The third-order valence-corrected chi connectivity index (χ3v) is 6.25. The first-order valence-corrected chi connectivity index (χ1v) is 9.91. The zero-order valence-corrected chi connectivity index (χ0v) is 15.3. The summed E-state index contributed by atoms with van der Waals surface area (Å²) in [7, 11) is 0. The SMILES string of the molecule is CCCOC(=O)[C@@H]1CS[C@@H](c2ccccc2Cl)N1C(=O)C1CCC1. The van der Waals surface area contributed by atoms with Gasteiger partial charge in [0.05, 0.1) is 6.61 Å². The number of hydrogen-bond acceptors (Lipinski definition) is 4. The van der Waals surface area contributed by atoms with E-state index < -0.39 is 6.04 Å². The number of esters is 1. The summed E-state index contributed by atoms with van der Waals surface area (Å²) in [6.07, 6.45) is 3.67. The van der Waals surface area contributed by atoms with Gasteiger partial charge in [0.25, 0.3) is 0 Å². The van der Waals surface area contributed by atoms with E-state index in [4.69, 9.17) is 16.3 Å². The van der Waals surface area contributed by atoms with E-state index in [1.807, 2.05) is 31.2 Å². The van der Waals surface area contributed by atoms with E-state index in [1.165, 1.54) is 0 Å². The van der Waals surface area contributed by atoms with Crippen molar-refractivity contribution in [1.82, 2.24) is 4.90 Å².